The molecule has 0 atom stereocenters. The highest BCUT2D eigenvalue weighted by Gasteiger charge is 2.60. The third-order valence-electron chi connectivity index (χ3n) is 0.598. The van der Waals surface area contributed by atoms with Crippen LogP contribution in [-0.4, -0.2) is 12.3 Å². The van der Waals surface area contributed by atoms with E-state index in [1.54, 1.807) is 0 Å². The Morgan fingerprint density at radius 1 is 1.09 bits per heavy atom. The Morgan fingerprint density at radius 2 is 1.55 bits per heavy atom. The third-order valence-corrected chi connectivity index (χ3v) is 0.813. The maximum absolute atomic E-state index is 11.7. The van der Waals surface area contributed by atoms with E-state index in [-0.39, 0.29) is 6.26 Å². The van der Waals surface area contributed by atoms with Crippen LogP contribution in [0.4, 0.5) is 22.0 Å². The maximum Gasteiger partial charge on any atom is 0.498 e. The third kappa shape index (κ3) is 3.04. The monoisotopic (exact) mass is 240 g/mol. The van der Waals surface area contributed by atoms with Gasteiger partial charge in [0.25, 0.3) is 0 Å². The molecule has 0 radical (unpaired) electrons. The fraction of sp³-hybridized carbons (Fsp3) is 0.500. The van der Waals surface area contributed by atoms with Crippen molar-refractivity contribution < 1.29 is 26.7 Å². The van der Waals surface area contributed by atoms with E-state index in [0.717, 1.165) is 4.99 Å². The van der Waals surface area contributed by atoms with E-state index >= 15 is 0 Å². The molecule has 0 spiro atoms. The summed E-state index contributed by atoms with van der Waals surface area (Å²) in [6, 6.07) is 0. The molecule has 0 aliphatic rings. The lowest BCUT2D eigenvalue weighted by Crippen LogP contribution is -2.37. The minimum absolute atomic E-state index is 0.202. The van der Waals surface area contributed by atoms with Gasteiger partial charge >= 0.3 is 12.3 Å². The molecule has 7 heteroatoms. The Balaban J connectivity index is 4.22. The standard InChI is InChI=1S/C4H2BrF5O/c5-1-2-11-4(9,10)3(6,7)8/h1-2H. The summed E-state index contributed by atoms with van der Waals surface area (Å²) < 4.78 is 60.2. The minimum atomic E-state index is -5.68. The fourth-order valence-electron chi connectivity index (χ4n) is 0.178. The zero-order chi connectivity index (χ0) is 9.12. The Morgan fingerprint density at radius 3 is 1.82 bits per heavy atom. The van der Waals surface area contributed by atoms with Gasteiger partial charge in [0.15, 0.2) is 0 Å². The van der Waals surface area contributed by atoms with Crippen LogP contribution < -0.4 is 0 Å². The summed E-state index contributed by atoms with van der Waals surface area (Å²) in [4.78, 5) is 0.743. The molecule has 0 aliphatic heterocycles. The van der Waals surface area contributed by atoms with Crippen molar-refractivity contribution in [2.24, 2.45) is 0 Å². The van der Waals surface area contributed by atoms with Crippen molar-refractivity contribution in [2.45, 2.75) is 12.3 Å². The first-order chi connectivity index (χ1) is 4.81. The maximum atomic E-state index is 11.7. The lowest BCUT2D eigenvalue weighted by molar-refractivity contribution is -0.375. The van der Waals surface area contributed by atoms with Crippen LogP contribution >= 0.6 is 15.9 Å². The molecule has 0 aromatic rings. The molecule has 0 aromatic heterocycles. The SMILES string of the molecule is FC(F)(F)C(F)(F)OC=CBr. The average Bonchev–Trinajstić information content (AvgIpc) is 1.81. The second-order valence-electron chi connectivity index (χ2n) is 1.39. The van der Waals surface area contributed by atoms with Gasteiger partial charge in [0.1, 0.15) is 0 Å². The Hall–Kier alpha value is -0.330. The molecular formula is C4H2BrF5O. The van der Waals surface area contributed by atoms with Crippen LogP contribution in [0.2, 0.25) is 0 Å². The quantitative estimate of drug-likeness (QED) is 0.533. The highest BCUT2D eigenvalue weighted by molar-refractivity contribution is 9.11. The molecular weight excluding hydrogens is 239 g/mol. The van der Waals surface area contributed by atoms with Crippen LogP contribution in [0.1, 0.15) is 0 Å². The zero-order valence-electron chi connectivity index (χ0n) is 4.83. The van der Waals surface area contributed by atoms with E-state index in [0.29, 0.717) is 0 Å². The largest absolute Gasteiger partial charge is 0.498 e. The lowest BCUT2D eigenvalue weighted by Gasteiger charge is -2.17. The Kier molecular flexibility index (Phi) is 3.28. The predicted octanol–water partition coefficient (Wildman–Crippen LogP) is 3.02. The van der Waals surface area contributed by atoms with Gasteiger partial charge < -0.3 is 4.74 Å². The number of halogens is 6. The summed E-state index contributed by atoms with van der Waals surface area (Å²) in [5, 5.41) is 0. The van der Waals surface area contributed by atoms with Crippen molar-refractivity contribution in [1.82, 2.24) is 0 Å². The highest BCUT2D eigenvalue weighted by atomic mass is 79.9. The van der Waals surface area contributed by atoms with Gasteiger partial charge in [-0.1, -0.05) is 15.9 Å². The van der Waals surface area contributed by atoms with Crippen LogP contribution in [0.25, 0.3) is 0 Å². The molecule has 0 N–H and O–H groups in total. The molecule has 0 saturated carbocycles. The molecule has 0 bridgehead atoms. The summed E-state index contributed by atoms with van der Waals surface area (Å²) >= 11 is 2.46. The van der Waals surface area contributed by atoms with E-state index in [1.165, 1.54) is 0 Å². The normalized spacial score (nSPS) is 14.0. The first-order valence-electron chi connectivity index (χ1n) is 2.19. The Labute approximate surface area is 67.0 Å². The van der Waals surface area contributed by atoms with E-state index in [2.05, 4.69) is 20.7 Å². The van der Waals surface area contributed by atoms with Gasteiger partial charge in [-0.25, -0.2) is 0 Å². The van der Waals surface area contributed by atoms with Crippen molar-refractivity contribution in [1.29, 1.82) is 0 Å². The smallest absolute Gasteiger partial charge is 0.433 e. The molecule has 0 saturated heterocycles. The highest BCUT2D eigenvalue weighted by Crippen LogP contribution is 2.36. The molecule has 0 rings (SSSR count). The molecule has 0 amide bonds. The topological polar surface area (TPSA) is 9.23 Å². The van der Waals surface area contributed by atoms with Gasteiger partial charge in [-0.2, -0.15) is 22.0 Å². The molecule has 0 aliphatic carbocycles. The summed E-state index contributed by atoms with van der Waals surface area (Å²) in [5.41, 5.74) is 0. The average molecular weight is 241 g/mol. The molecule has 0 aromatic carbocycles. The van der Waals surface area contributed by atoms with Gasteiger partial charge in [0.05, 0.1) is 6.26 Å². The summed E-state index contributed by atoms with van der Waals surface area (Å²) in [6.07, 6.45) is -10.6. The van der Waals surface area contributed by atoms with Crippen LogP contribution in [0.15, 0.2) is 11.2 Å². The number of rotatable bonds is 2. The van der Waals surface area contributed by atoms with Crippen LogP contribution in [0, 0.1) is 0 Å². The molecule has 11 heavy (non-hydrogen) atoms. The first kappa shape index (κ1) is 10.7. The number of ether oxygens (including phenoxy) is 1. The summed E-state index contributed by atoms with van der Waals surface area (Å²) in [5.74, 6) is 0. The number of alkyl halides is 5. The van der Waals surface area contributed by atoms with Crippen molar-refractivity contribution in [3.05, 3.63) is 11.2 Å². The van der Waals surface area contributed by atoms with Gasteiger partial charge in [-0.05, 0) is 0 Å². The van der Waals surface area contributed by atoms with E-state index in [4.69, 9.17) is 0 Å². The second kappa shape index (κ2) is 3.38. The van der Waals surface area contributed by atoms with E-state index in [1.807, 2.05) is 0 Å². The summed E-state index contributed by atoms with van der Waals surface area (Å²) in [7, 11) is 0. The Bertz CT molecular complexity index is 151. The van der Waals surface area contributed by atoms with Crippen molar-refractivity contribution in [2.75, 3.05) is 0 Å². The zero-order valence-corrected chi connectivity index (χ0v) is 6.42. The first-order valence-corrected chi connectivity index (χ1v) is 3.10. The van der Waals surface area contributed by atoms with Crippen LogP contribution in [0.5, 0.6) is 0 Å². The lowest BCUT2D eigenvalue weighted by atomic mass is 10.6. The van der Waals surface area contributed by atoms with E-state index < -0.39 is 12.3 Å². The van der Waals surface area contributed by atoms with Crippen LogP contribution in [0.3, 0.4) is 0 Å². The van der Waals surface area contributed by atoms with Gasteiger partial charge in [0.2, 0.25) is 0 Å². The molecule has 0 unspecified atom stereocenters. The van der Waals surface area contributed by atoms with Gasteiger partial charge in [-0.3, -0.25) is 0 Å². The molecule has 0 heterocycles. The van der Waals surface area contributed by atoms with Crippen LogP contribution in [-0.2, 0) is 4.74 Å². The van der Waals surface area contributed by atoms with Crippen molar-refractivity contribution in [3.63, 3.8) is 0 Å². The molecule has 66 valence electrons. The van der Waals surface area contributed by atoms with Gasteiger partial charge in [0, 0.05) is 4.99 Å². The number of hydrogen-bond donors (Lipinski definition) is 0. The van der Waals surface area contributed by atoms with E-state index in [9.17, 15) is 22.0 Å². The second-order valence-corrected chi connectivity index (χ2v) is 1.92. The molecule has 0 fully saturated rings. The predicted molar refractivity (Wildman–Crippen MR) is 30.2 cm³/mol. The summed E-state index contributed by atoms with van der Waals surface area (Å²) in [6.45, 7) is 0. The van der Waals surface area contributed by atoms with Crippen molar-refractivity contribution >= 4 is 15.9 Å². The number of hydrogen-bond acceptors (Lipinski definition) is 1. The molecule has 1 nitrogen and oxygen atoms in total. The van der Waals surface area contributed by atoms with Crippen molar-refractivity contribution in [3.8, 4) is 0 Å². The fourth-order valence-corrected chi connectivity index (χ4v) is 0.286. The van der Waals surface area contributed by atoms with Gasteiger partial charge in [-0.15, -0.1) is 0 Å². The minimum Gasteiger partial charge on any atom is -0.433 e.